The summed E-state index contributed by atoms with van der Waals surface area (Å²) in [6.45, 7) is 21.7. The zero-order chi connectivity index (χ0) is 28.3. The molecule has 1 saturated heterocycles. The predicted molar refractivity (Wildman–Crippen MR) is 154 cm³/mol. The molecule has 7 heteroatoms. The molecule has 37 heavy (non-hydrogen) atoms. The highest BCUT2D eigenvalue weighted by Crippen LogP contribution is 2.24. The lowest BCUT2D eigenvalue weighted by molar-refractivity contribution is -0.109. The highest BCUT2D eigenvalue weighted by Gasteiger charge is 2.25. The number of phenolic OH excluding ortho intramolecular Hbond substituents is 1. The Labute approximate surface area is 226 Å². The molecule has 0 aliphatic carbocycles. The summed E-state index contributed by atoms with van der Waals surface area (Å²) in [5.41, 5.74) is 1.70. The third-order valence-corrected chi connectivity index (χ3v) is 5.79. The van der Waals surface area contributed by atoms with Gasteiger partial charge >= 0.3 is 6.09 Å². The number of fused-ring (bicyclic) bond motifs is 1. The SMILES string of the molecule is CC(C)(C)OC(=O)N1CCc2ccc(O)cc2C1.CCC.CCC.CCC1CCN(CCNC=O)CC1. The number of nitrogens with zero attached hydrogens (tertiary/aromatic N) is 2. The van der Waals surface area contributed by atoms with Gasteiger partial charge in [-0.05, 0) is 82.3 Å². The van der Waals surface area contributed by atoms with Gasteiger partial charge in [0.15, 0.2) is 0 Å². The van der Waals surface area contributed by atoms with Gasteiger partial charge in [-0.25, -0.2) is 4.79 Å². The second-order valence-electron chi connectivity index (χ2n) is 10.8. The van der Waals surface area contributed by atoms with E-state index in [9.17, 15) is 14.7 Å². The van der Waals surface area contributed by atoms with Crippen LogP contribution in [0, 0.1) is 5.92 Å². The molecule has 0 aromatic heterocycles. The molecule has 3 rings (SSSR count). The highest BCUT2D eigenvalue weighted by molar-refractivity contribution is 5.68. The molecule has 1 aromatic rings. The summed E-state index contributed by atoms with van der Waals surface area (Å²) in [6, 6.07) is 5.31. The van der Waals surface area contributed by atoms with E-state index in [1.807, 2.05) is 26.8 Å². The quantitative estimate of drug-likeness (QED) is 0.347. The zero-order valence-electron chi connectivity index (χ0n) is 24.9. The van der Waals surface area contributed by atoms with E-state index < -0.39 is 5.60 Å². The Morgan fingerprint density at radius 2 is 1.65 bits per heavy atom. The molecule has 1 fully saturated rings. The van der Waals surface area contributed by atoms with Crippen molar-refractivity contribution in [2.24, 2.45) is 5.92 Å². The van der Waals surface area contributed by atoms with E-state index in [1.165, 1.54) is 50.8 Å². The van der Waals surface area contributed by atoms with Crippen LogP contribution in [0.25, 0.3) is 0 Å². The second-order valence-corrected chi connectivity index (χ2v) is 10.8. The van der Waals surface area contributed by atoms with Crippen LogP contribution in [0.3, 0.4) is 0 Å². The number of likely N-dealkylation sites (tertiary alicyclic amines) is 1. The van der Waals surface area contributed by atoms with E-state index >= 15 is 0 Å². The van der Waals surface area contributed by atoms with Gasteiger partial charge < -0.3 is 25.0 Å². The van der Waals surface area contributed by atoms with Crippen molar-refractivity contribution in [2.75, 3.05) is 32.7 Å². The number of ether oxygens (including phenoxy) is 1. The summed E-state index contributed by atoms with van der Waals surface area (Å²) >= 11 is 0. The van der Waals surface area contributed by atoms with Gasteiger partial charge in [-0.2, -0.15) is 0 Å². The third kappa shape index (κ3) is 16.2. The summed E-state index contributed by atoms with van der Waals surface area (Å²) in [6.07, 6.45) is 7.76. The van der Waals surface area contributed by atoms with Crippen molar-refractivity contribution in [1.82, 2.24) is 15.1 Å². The summed E-state index contributed by atoms with van der Waals surface area (Å²) in [5.74, 6) is 1.18. The normalized spacial score (nSPS) is 15.4. The Hall–Kier alpha value is -2.28. The van der Waals surface area contributed by atoms with E-state index in [-0.39, 0.29) is 11.8 Å². The monoisotopic (exact) mass is 521 g/mol. The minimum Gasteiger partial charge on any atom is -0.508 e. The molecule has 0 spiro atoms. The minimum absolute atomic E-state index is 0.236. The van der Waals surface area contributed by atoms with Gasteiger partial charge in [0.1, 0.15) is 11.4 Å². The molecule has 2 aliphatic heterocycles. The van der Waals surface area contributed by atoms with E-state index in [2.05, 4.69) is 44.8 Å². The van der Waals surface area contributed by atoms with Crippen LogP contribution in [0.4, 0.5) is 4.79 Å². The number of hydrogen-bond acceptors (Lipinski definition) is 5. The van der Waals surface area contributed by atoms with Gasteiger partial charge in [0, 0.05) is 26.2 Å². The Kier molecular flexibility index (Phi) is 18.6. The van der Waals surface area contributed by atoms with Crippen molar-refractivity contribution in [2.45, 2.75) is 106 Å². The predicted octanol–water partition coefficient (Wildman–Crippen LogP) is 6.37. The van der Waals surface area contributed by atoms with Crippen molar-refractivity contribution in [3.8, 4) is 5.75 Å². The maximum Gasteiger partial charge on any atom is 0.410 e. The molecule has 0 atom stereocenters. The number of hydrogen-bond donors (Lipinski definition) is 2. The summed E-state index contributed by atoms with van der Waals surface area (Å²) in [5, 5.41) is 12.2. The Balaban J connectivity index is 0.000000597. The summed E-state index contributed by atoms with van der Waals surface area (Å²) in [4.78, 5) is 26.1. The summed E-state index contributed by atoms with van der Waals surface area (Å²) < 4.78 is 5.35. The van der Waals surface area contributed by atoms with Crippen LogP contribution >= 0.6 is 0 Å². The molecular weight excluding hydrogens is 466 g/mol. The van der Waals surface area contributed by atoms with Gasteiger partial charge in [0.05, 0.1) is 0 Å². The molecule has 2 heterocycles. The fourth-order valence-electron chi connectivity index (χ4n) is 3.93. The first-order valence-corrected chi connectivity index (χ1v) is 14.2. The number of phenols is 1. The lowest BCUT2D eigenvalue weighted by atomic mass is 9.94. The first-order valence-electron chi connectivity index (χ1n) is 14.2. The van der Waals surface area contributed by atoms with Crippen LogP contribution in [0.1, 0.15) is 98.6 Å². The lowest BCUT2D eigenvalue weighted by Crippen LogP contribution is -2.39. The van der Waals surface area contributed by atoms with Crippen molar-refractivity contribution in [3.05, 3.63) is 29.3 Å². The van der Waals surface area contributed by atoms with Gasteiger partial charge in [-0.1, -0.05) is 59.9 Å². The van der Waals surface area contributed by atoms with Crippen LogP contribution in [0.5, 0.6) is 5.75 Å². The number of nitrogens with one attached hydrogen (secondary N) is 1. The molecule has 0 saturated carbocycles. The lowest BCUT2D eigenvalue weighted by Gasteiger charge is -2.31. The van der Waals surface area contributed by atoms with Crippen LogP contribution in [0.2, 0.25) is 0 Å². The van der Waals surface area contributed by atoms with Crippen molar-refractivity contribution < 1.29 is 19.4 Å². The zero-order valence-corrected chi connectivity index (χ0v) is 24.9. The summed E-state index contributed by atoms with van der Waals surface area (Å²) in [7, 11) is 0. The minimum atomic E-state index is -0.476. The molecule has 0 radical (unpaired) electrons. The fraction of sp³-hybridized carbons (Fsp3) is 0.733. The van der Waals surface area contributed by atoms with Gasteiger partial charge in [-0.15, -0.1) is 0 Å². The number of benzene rings is 1. The first-order chi connectivity index (χ1) is 17.5. The van der Waals surface area contributed by atoms with Gasteiger partial charge in [0.25, 0.3) is 0 Å². The van der Waals surface area contributed by atoms with Crippen molar-refractivity contribution >= 4 is 12.5 Å². The molecule has 2 aliphatic rings. The Morgan fingerprint density at radius 3 is 2.16 bits per heavy atom. The molecule has 7 nitrogen and oxygen atoms in total. The van der Waals surface area contributed by atoms with Crippen molar-refractivity contribution in [1.29, 1.82) is 0 Å². The maximum absolute atomic E-state index is 11.9. The second kappa shape index (κ2) is 19.8. The van der Waals surface area contributed by atoms with Crippen LogP contribution in [-0.4, -0.2) is 65.7 Å². The molecule has 2 N–H and O–H groups in total. The number of aromatic hydroxyl groups is 1. The standard InChI is InChI=1S/C14H19NO3.C10H20N2O.2C3H8/c1-14(2,3)18-13(17)15-7-6-10-4-5-12(16)8-11(10)9-15;1-2-10-3-6-12(7-4-10)8-5-11-9-13;2*1-3-2/h4-5,8,16H,6-7,9H2,1-3H3;9-10H,2-8H2,1H3,(H,11,13);2*3H2,1-2H3. The average molecular weight is 522 g/mol. The van der Waals surface area contributed by atoms with Crippen molar-refractivity contribution in [3.63, 3.8) is 0 Å². The fourth-order valence-corrected chi connectivity index (χ4v) is 3.93. The average Bonchev–Trinajstić information content (AvgIpc) is 2.84. The Morgan fingerprint density at radius 1 is 1.05 bits per heavy atom. The van der Waals surface area contributed by atoms with E-state index in [1.54, 1.807) is 17.0 Å². The number of amides is 2. The highest BCUT2D eigenvalue weighted by atomic mass is 16.6. The molecule has 1 aromatic carbocycles. The topological polar surface area (TPSA) is 82.1 Å². The number of piperidine rings is 1. The third-order valence-electron chi connectivity index (χ3n) is 5.79. The van der Waals surface area contributed by atoms with E-state index in [0.29, 0.717) is 13.1 Å². The van der Waals surface area contributed by atoms with Crippen LogP contribution < -0.4 is 5.32 Å². The molecule has 0 bridgehead atoms. The number of rotatable bonds is 5. The van der Waals surface area contributed by atoms with Gasteiger partial charge in [-0.3, -0.25) is 4.79 Å². The molecule has 214 valence electrons. The molecule has 2 amide bonds. The van der Waals surface area contributed by atoms with Crippen LogP contribution in [0.15, 0.2) is 18.2 Å². The maximum atomic E-state index is 11.9. The van der Waals surface area contributed by atoms with E-state index in [0.717, 1.165) is 37.4 Å². The Bertz CT molecular complexity index is 739. The number of carbonyl (C=O) groups excluding carboxylic acids is 2. The van der Waals surface area contributed by atoms with E-state index in [4.69, 9.17) is 4.74 Å². The largest absolute Gasteiger partial charge is 0.508 e. The number of carbonyl (C=O) groups is 2. The first kappa shape index (κ1) is 34.7. The van der Waals surface area contributed by atoms with Gasteiger partial charge in [0.2, 0.25) is 6.41 Å². The van der Waals surface area contributed by atoms with Crippen LogP contribution in [-0.2, 0) is 22.5 Å². The molecular formula is C30H55N3O4. The smallest absolute Gasteiger partial charge is 0.410 e. The molecule has 0 unspecified atom stereocenters.